The third kappa shape index (κ3) is 3.46. The van der Waals surface area contributed by atoms with Crippen molar-refractivity contribution >= 4 is 0 Å². The number of hydrogen-bond acceptors (Lipinski definition) is 4. The average molecular weight is 274 g/mol. The van der Waals surface area contributed by atoms with E-state index in [2.05, 4.69) is 43.2 Å². The van der Waals surface area contributed by atoms with Gasteiger partial charge in [-0.3, -0.25) is 0 Å². The molecule has 1 N–H and O–H groups in total. The van der Waals surface area contributed by atoms with Gasteiger partial charge in [-0.1, -0.05) is 17.7 Å². The van der Waals surface area contributed by atoms with Crippen LogP contribution in [0, 0.1) is 20.8 Å². The van der Waals surface area contributed by atoms with E-state index in [0.717, 1.165) is 17.9 Å². The molecule has 4 nitrogen and oxygen atoms in total. The minimum absolute atomic E-state index is 0.618. The van der Waals surface area contributed by atoms with Crippen LogP contribution in [-0.4, -0.2) is 25.2 Å². The second kappa shape index (κ2) is 6.68. The topological polar surface area (TPSA) is 47.3 Å². The number of benzene rings is 1. The first-order valence-electron chi connectivity index (χ1n) is 6.84. The Morgan fingerprint density at radius 3 is 2.55 bits per heavy atom. The molecule has 0 aliphatic carbocycles. The molecule has 1 heterocycles. The van der Waals surface area contributed by atoms with Crippen molar-refractivity contribution in [3.05, 3.63) is 40.9 Å². The molecule has 108 valence electrons. The molecule has 0 radical (unpaired) electrons. The van der Waals surface area contributed by atoms with Crippen molar-refractivity contribution in [2.24, 2.45) is 0 Å². The molecular formula is C16H22N2O2. The maximum atomic E-state index is 5.84. The minimum atomic E-state index is 0.618. The number of methoxy groups -OCH3 is 1. The van der Waals surface area contributed by atoms with Gasteiger partial charge in [-0.25, -0.2) is 4.98 Å². The molecule has 2 aromatic rings. The van der Waals surface area contributed by atoms with Crippen molar-refractivity contribution in [1.29, 1.82) is 0 Å². The summed E-state index contributed by atoms with van der Waals surface area (Å²) in [5.41, 5.74) is 4.85. The van der Waals surface area contributed by atoms with E-state index in [1.807, 2.05) is 0 Å². The highest BCUT2D eigenvalue weighted by Crippen LogP contribution is 2.28. The van der Waals surface area contributed by atoms with Crippen molar-refractivity contribution in [2.45, 2.75) is 27.3 Å². The molecule has 0 aliphatic rings. The Balaban J connectivity index is 2.13. The van der Waals surface area contributed by atoms with E-state index in [1.54, 1.807) is 13.3 Å². The standard InChI is InChI=1S/C16H22N2O2/c1-11-7-12(2)16(13(3)8-11)14-9-18-15(20-14)10-17-5-6-19-4/h7-9,17H,5-6,10H2,1-4H3. The third-order valence-corrected chi connectivity index (χ3v) is 3.24. The van der Waals surface area contributed by atoms with E-state index < -0.39 is 0 Å². The number of nitrogens with one attached hydrogen (secondary N) is 1. The van der Waals surface area contributed by atoms with E-state index in [0.29, 0.717) is 19.0 Å². The molecule has 4 heteroatoms. The fraction of sp³-hybridized carbons (Fsp3) is 0.438. The van der Waals surface area contributed by atoms with Crippen molar-refractivity contribution in [2.75, 3.05) is 20.3 Å². The van der Waals surface area contributed by atoms with E-state index >= 15 is 0 Å². The summed E-state index contributed by atoms with van der Waals surface area (Å²) in [6, 6.07) is 4.34. The SMILES string of the molecule is COCCNCc1ncc(-c2c(C)cc(C)cc2C)o1. The molecule has 0 bridgehead atoms. The zero-order chi connectivity index (χ0) is 14.5. The molecule has 20 heavy (non-hydrogen) atoms. The van der Waals surface area contributed by atoms with Gasteiger partial charge in [0.1, 0.15) is 0 Å². The van der Waals surface area contributed by atoms with Gasteiger partial charge in [0, 0.05) is 19.2 Å². The largest absolute Gasteiger partial charge is 0.439 e. The van der Waals surface area contributed by atoms with Crippen LogP contribution in [0.3, 0.4) is 0 Å². The second-order valence-electron chi connectivity index (χ2n) is 5.06. The second-order valence-corrected chi connectivity index (χ2v) is 5.06. The molecule has 2 rings (SSSR count). The summed E-state index contributed by atoms with van der Waals surface area (Å²) >= 11 is 0. The quantitative estimate of drug-likeness (QED) is 0.823. The first-order chi connectivity index (χ1) is 9.61. The fourth-order valence-electron chi connectivity index (χ4n) is 2.45. The van der Waals surface area contributed by atoms with Crippen LogP contribution < -0.4 is 5.32 Å². The molecule has 0 saturated carbocycles. The predicted octanol–water partition coefficient (Wildman–Crippen LogP) is 3.00. The Kier molecular flexibility index (Phi) is 4.93. The van der Waals surface area contributed by atoms with Gasteiger partial charge in [0.25, 0.3) is 0 Å². The lowest BCUT2D eigenvalue weighted by atomic mass is 9.98. The average Bonchev–Trinajstić information content (AvgIpc) is 2.82. The summed E-state index contributed by atoms with van der Waals surface area (Å²) in [4.78, 5) is 4.32. The van der Waals surface area contributed by atoms with Gasteiger partial charge in [0.05, 0.1) is 19.3 Å². The number of ether oxygens (including phenoxy) is 1. The number of aromatic nitrogens is 1. The van der Waals surface area contributed by atoms with E-state index in [4.69, 9.17) is 9.15 Å². The van der Waals surface area contributed by atoms with Crippen LogP contribution >= 0.6 is 0 Å². The van der Waals surface area contributed by atoms with Crippen molar-refractivity contribution in [3.63, 3.8) is 0 Å². The van der Waals surface area contributed by atoms with Crippen LogP contribution in [0.2, 0.25) is 0 Å². The molecular weight excluding hydrogens is 252 g/mol. The van der Waals surface area contributed by atoms with Crippen molar-refractivity contribution < 1.29 is 9.15 Å². The van der Waals surface area contributed by atoms with Gasteiger partial charge in [0.15, 0.2) is 5.76 Å². The summed E-state index contributed by atoms with van der Waals surface area (Å²) in [6.07, 6.45) is 1.80. The Morgan fingerprint density at radius 1 is 1.20 bits per heavy atom. The van der Waals surface area contributed by atoms with E-state index in [-0.39, 0.29) is 0 Å². The number of aryl methyl sites for hydroxylation is 3. The van der Waals surface area contributed by atoms with E-state index in [9.17, 15) is 0 Å². The maximum Gasteiger partial charge on any atom is 0.208 e. The lowest BCUT2D eigenvalue weighted by Gasteiger charge is -2.08. The normalized spacial score (nSPS) is 11.0. The number of hydrogen-bond donors (Lipinski definition) is 1. The Labute approximate surface area is 120 Å². The molecule has 1 aromatic heterocycles. The third-order valence-electron chi connectivity index (χ3n) is 3.24. The summed E-state index contributed by atoms with van der Waals surface area (Å²) in [5, 5.41) is 3.22. The Morgan fingerprint density at radius 2 is 1.90 bits per heavy atom. The monoisotopic (exact) mass is 274 g/mol. The predicted molar refractivity (Wildman–Crippen MR) is 79.7 cm³/mol. The molecule has 1 aromatic carbocycles. The van der Waals surface area contributed by atoms with Crippen LogP contribution in [-0.2, 0) is 11.3 Å². The molecule has 0 atom stereocenters. The van der Waals surface area contributed by atoms with Gasteiger partial charge in [-0.2, -0.15) is 0 Å². The van der Waals surface area contributed by atoms with Gasteiger partial charge < -0.3 is 14.5 Å². The molecule has 0 amide bonds. The molecule has 0 aliphatic heterocycles. The van der Waals surface area contributed by atoms with Crippen LogP contribution in [0.25, 0.3) is 11.3 Å². The molecule has 0 unspecified atom stereocenters. The molecule has 0 fully saturated rings. The van der Waals surface area contributed by atoms with Crippen molar-refractivity contribution in [1.82, 2.24) is 10.3 Å². The Hall–Kier alpha value is -1.65. The number of oxazole rings is 1. The van der Waals surface area contributed by atoms with Gasteiger partial charge in [0.2, 0.25) is 5.89 Å². The fourth-order valence-corrected chi connectivity index (χ4v) is 2.45. The van der Waals surface area contributed by atoms with Crippen LogP contribution in [0.1, 0.15) is 22.6 Å². The zero-order valence-electron chi connectivity index (χ0n) is 12.6. The Bertz CT molecular complexity index is 553. The summed E-state index contributed by atoms with van der Waals surface area (Å²) < 4.78 is 10.8. The lowest BCUT2D eigenvalue weighted by molar-refractivity contribution is 0.198. The summed E-state index contributed by atoms with van der Waals surface area (Å²) in [6.45, 7) is 8.41. The number of rotatable bonds is 6. The first-order valence-corrected chi connectivity index (χ1v) is 6.84. The summed E-state index contributed by atoms with van der Waals surface area (Å²) in [5.74, 6) is 1.54. The van der Waals surface area contributed by atoms with Crippen LogP contribution in [0.4, 0.5) is 0 Å². The smallest absolute Gasteiger partial charge is 0.208 e. The summed E-state index contributed by atoms with van der Waals surface area (Å²) in [7, 11) is 1.69. The van der Waals surface area contributed by atoms with E-state index in [1.165, 1.54) is 16.7 Å². The highest BCUT2D eigenvalue weighted by atomic mass is 16.5. The number of nitrogens with zero attached hydrogens (tertiary/aromatic N) is 1. The molecule has 0 spiro atoms. The van der Waals surface area contributed by atoms with Gasteiger partial charge in [-0.05, 0) is 31.9 Å². The zero-order valence-corrected chi connectivity index (χ0v) is 12.6. The van der Waals surface area contributed by atoms with Crippen LogP contribution in [0.15, 0.2) is 22.7 Å². The first kappa shape index (κ1) is 14.8. The maximum absolute atomic E-state index is 5.84. The van der Waals surface area contributed by atoms with Gasteiger partial charge in [-0.15, -0.1) is 0 Å². The highest BCUT2D eigenvalue weighted by Gasteiger charge is 2.11. The van der Waals surface area contributed by atoms with Crippen molar-refractivity contribution in [3.8, 4) is 11.3 Å². The highest BCUT2D eigenvalue weighted by molar-refractivity contribution is 5.66. The lowest BCUT2D eigenvalue weighted by Crippen LogP contribution is -2.18. The molecule has 0 saturated heterocycles. The minimum Gasteiger partial charge on any atom is -0.439 e. The van der Waals surface area contributed by atoms with Gasteiger partial charge >= 0.3 is 0 Å². The van der Waals surface area contributed by atoms with Crippen LogP contribution in [0.5, 0.6) is 0 Å².